The molecule has 0 radical (unpaired) electrons. The summed E-state index contributed by atoms with van der Waals surface area (Å²) in [5, 5.41) is 0. The maximum Gasteiger partial charge on any atom is 0.416 e. The molecule has 152 valence electrons. The molecule has 3 nitrogen and oxygen atoms in total. The minimum Gasteiger partial charge on any atom is -0.335 e. The summed E-state index contributed by atoms with van der Waals surface area (Å²) < 4.78 is 68.2. The van der Waals surface area contributed by atoms with E-state index in [0.29, 0.717) is 0 Å². The fraction of sp³-hybridized carbons (Fsp3) is 0.400. The van der Waals surface area contributed by atoms with Gasteiger partial charge >= 0.3 is 6.18 Å². The highest BCUT2D eigenvalue weighted by atomic mass is 19.4. The molecule has 0 aliphatic rings. The van der Waals surface area contributed by atoms with Crippen LogP contribution in [0.5, 0.6) is 0 Å². The van der Waals surface area contributed by atoms with E-state index in [4.69, 9.17) is 0 Å². The number of halogens is 5. The zero-order valence-corrected chi connectivity index (χ0v) is 15.7. The van der Waals surface area contributed by atoms with E-state index in [1.807, 2.05) is 0 Å². The molecule has 0 bridgehead atoms. The van der Waals surface area contributed by atoms with Crippen LogP contribution in [0.3, 0.4) is 0 Å². The molecular weight excluding hydrogens is 379 g/mol. The molecule has 1 unspecified atom stereocenters. The summed E-state index contributed by atoms with van der Waals surface area (Å²) >= 11 is 0. The lowest BCUT2D eigenvalue weighted by Gasteiger charge is -2.35. The number of nitrogens with zero attached hydrogens (tertiary/aromatic N) is 2. The summed E-state index contributed by atoms with van der Waals surface area (Å²) in [4.78, 5) is 17.8. The Hall–Kier alpha value is -2.51. The Bertz CT molecular complexity index is 815. The van der Waals surface area contributed by atoms with Gasteiger partial charge in [0.05, 0.1) is 18.0 Å². The van der Waals surface area contributed by atoms with Crippen molar-refractivity contribution in [2.45, 2.75) is 39.4 Å². The molecule has 0 spiro atoms. The van der Waals surface area contributed by atoms with Crippen LogP contribution in [-0.4, -0.2) is 22.3 Å². The quantitative estimate of drug-likeness (QED) is 0.627. The Morgan fingerprint density at radius 2 is 1.75 bits per heavy atom. The van der Waals surface area contributed by atoms with Gasteiger partial charge in [0.2, 0.25) is 5.91 Å². The van der Waals surface area contributed by atoms with Gasteiger partial charge in [0, 0.05) is 30.1 Å². The van der Waals surface area contributed by atoms with Crippen molar-refractivity contribution in [2.75, 3.05) is 6.54 Å². The van der Waals surface area contributed by atoms with Crippen molar-refractivity contribution in [1.29, 1.82) is 0 Å². The van der Waals surface area contributed by atoms with Crippen molar-refractivity contribution in [3.05, 3.63) is 65.0 Å². The Morgan fingerprint density at radius 3 is 2.25 bits per heavy atom. The molecule has 0 N–H and O–H groups in total. The van der Waals surface area contributed by atoms with Crippen LogP contribution in [0.1, 0.15) is 43.5 Å². The van der Waals surface area contributed by atoms with E-state index in [9.17, 15) is 26.7 Å². The lowest BCUT2D eigenvalue weighted by Crippen LogP contribution is -2.39. The van der Waals surface area contributed by atoms with Gasteiger partial charge in [0.25, 0.3) is 0 Å². The smallest absolute Gasteiger partial charge is 0.335 e. The number of likely N-dealkylation sites (N-methyl/N-ethyl adjacent to an activating group) is 1. The number of rotatable bonds is 6. The number of benzene rings is 1. The molecule has 8 heteroatoms. The zero-order valence-electron chi connectivity index (χ0n) is 15.7. The highest BCUT2D eigenvalue weighted by Crippen LogP contribution is 2.38. The molecule has 0 aliphatic carbocycles. The van der Waals surface area contributed by atoms with Crippen LogP contribution in [-0.2, 0) is 17.4 Å². The Morgan fingerprint density at radius 1 is 1.14 bits per heavy atom. The van der Waals surface area contributed by atoms with Crippen molar-refractivity contribution in [2.24, 2.45) is 5.92 Å². The summed E-state index contributed by atoms with van der Waals surface area (Å²) in [6.45, 7) is 5.04. The van der Waals surface area contributed by atoms with Crippen LogP contribution in [0, 0.1) is 17.6 Å². The predicted molar refractivity (Wildman–Crippen MR) is 94.3 cm³/mol. The average molecular weight is 400 g/mol. The number of hydrogen-bond donors (Lipinski definition) is 0. The van der Waals surface area contributed by atoms with Gasteiger partial charge < -0.3 is 4.90 Å². The van der Waals surface area contributed by atoms with Crippen LogP contribution in [0.15, 0.2) is 36.7 Å². The molecule has 2 aromatic rings. The van der Waals surface area contributed by atoms with E-state index in [1.54, 1.807) is 20.8 Å². The molecule has 0 saturated carbocycles. The van der Waals surface area contributed by atoms with Gasteiger partial charge in [-0.15, -0.1) is 0 Å². The highest BCUT2D eigenvalue weighted by Gasteiger charge is 2.38. The molecule has 2 rings (SSSR count). The lowest BCUT2D eigenvalue weighted by molar-refractivity contribution is -0.141. The molecule has 0 fully saturated rings. The van der Waals surface area contributed by atoms with Crippen LogP contribution >= 0.6 is 0 Å². The molecule has 1 amide bonds. The maximum absolute atomic E-state index is 13.9. The molecule has 0 aliphatic heterocycles. The molecule has 1 aromatic carbocycles. The second-order valence-corrected chi connectivity index (χ2v) is 6.71. The first kappa shape index (κ1) is 21.8. The Kier molecular flexibility index (Phi) is 6.74. The molecule has 28 heavy (non-hydrogen) atoms. The number of amides is 1. The largest absolute Gasteiger partial charge is 0.416 e. The van der Waals surface area contributed by atoms with E-state index >= 15 is 0 Å². The lowest BCUT2D eigenvalue weighted by atomic mass is 9.91. The minimum absolute atomic E-state index is 0.0734. The van der Waals surface area contributed by atoms with Gasteiger partial charge in [-0.1, -0.05) is 19.9 Å². The second kappa shape index (κ2) is 8.67. The van der Waals surface area contributed by atoms with Crippen LogP contribution in [0.25, 0.3) is 0 Å². The molecular formula is C20H21F5N2O. The van der Waals surface area contributed by atoms with Crippen molar-refractivity contribution in [1.82, 2.24) is 9.88 Å². The van der Waals surface area contributed by atoms with E-state index in [0.717, 1.165) is 30.6 Å². The third-order valence-corrected chi connectivity index (χ3v) is 4.49. The number of carbonyl (C=O) groups is 1. The van der Waals surface area contributed by atoms with Crippen molar-refractivity contribution >= 4 is 5.91 Å². The van der Waals surface area contributed by atoms with E-state index in [2.05, 4.69) is 4.98 Å². The number of hydrogen-bond acceptors (Lipinski definition) is 2. The molecule has 0 saturated heterocycles. The third-order valence-electron chi connectivity index (χ3n) is 4.49. The number of carbonyl (C=O) groups excluding carboxylic acids is 1. The topological polar surface area (TPSA) is 33.2 Å². The summed E-state index contributed by atoms with van der Waals surface area (Å²) in [5.41, 5.74) is -1.44. The van der Waals surface area contributed by atoms with Crippen molar-refractivity contribution in [3.63, 3.8) is 0 Å². The van der Waals surface area contributed by atoms with E-state index in [1.165, 1.54) is 11.0 Å². The second-order valence-electron chi connectivity index (χ2n) is 6.71. The number of alkyl halides is 3. The van der Waals surface area contributed by atoms with Gasteiger partial charge in [-0.2, -0.15) is 13.2 Å². The van der Waals surface area contributed by atoms with Gasteiger partial charge in [-0.3, -0.25) is 9.78 Å². The molecule has 1 atom stereocenters. The summed E-state index contributed by atoms with van der Waals surface area (Å²) in [5.74, 6) is -2.80. The van der Waals surface area contributed by atoms with Crippen molar-refractivity contribution in [3.8, 4) is 0 Å². The van der Waals surface area contributed by atoms with Gasteiger partial charge in [-0.05, 0) is 31.0 Å². The van der Waals surface area contributed by atoms with E-state index < -0.39 is 47.3 Å². The maximum atomic E-state index is 13.9. The fourth-order valence-electron chi connectivity index (χ4n) is 3.27. The minimum atomic E-state index is -4.62. The highest BCUT2D eigenvalue weighted by molar-refractivity contribution is 5.79. The summed E-state index contributed by atoms with van der Waals surface area (Å²) in [6, 6.07) is 3.16. The number of pyridine rings is 1. The van der Waals surface area contributed by atoms with Gasteiger partial charge in [0.15, 0.2) is 0 Å². The summed E-state index contributed by atoms with van der Waals surface area (Å²) in [7, 11) is 0. The standard InChI is InChI=1S/C20H21F5N2O/c1-4-27(18(28)10-13-16(21)6-5-7-17(13)22)19(12(2)3)14-11-26-9-8-15(14)20(23,24)25/h5-9,11-12,19H,4,10H2,1-3H3. The predicted octanol–water partition coefficient (Wildman–Crippen LogP) is 5.17. The first-order chi connectivity index (χ1) is 13.1. The number of aromatic nitrogens is 1. The average Bonchev–Trinajstić information content (AvgIpc) is 2.61. The van der Waals surface area contributed by atoms with Crippen molar-refractivity contribution < 1.29 is 26.7 Å². The van der Waals surface area contributed by atoms with Gasteiger partial charge in [-0.25, -0.2) is 8.78 Å². The van der Waals surface area contributed by atoms with Gasteiger partial charge in [0.1, 0.15) is 11.6 Å². The normalized spacial score (nSPS) is 12.9. The monoisotopic (exact) mass is 400 g/mol. The third kappa shape index (κ3) is 4.66. The SMILES string of the molecule is CCN(C(=O)Cc1c(F)cccc1F)C(c1cnccc1C(F)(F)F)C(C)C. The van der Waals surface area contributed by atoms with E-state index in [-0.39, 0.29) is 18.0 Å². The van der Waals surface area contributed by atoms with Crippen LogP contribution < -0.4 is 0 Å². The summed E-state index contributed by atoms with van der Waals surface area (Å²) in [6.07, 6.45) is -3.08. The Balaban J connectivity index is 2.46. The van der Waals surface area contributed by atoms with Crippen LogP contribution in [0.4, 0.5) is 22.0 Å². The van der Waals surface area contributed by atoms with Crippen LogP contribution in [0.2, 0.25) is 0 Å². The fourth-order valence-corrected chi connectivity index (χ4v) is 3.27. The first-order valence-electron chi connectivity index (χ1n) is 8.81. The molecule has 1 aromatic heterocycles. The Labute approximate surface area is 160 Å². The zero-order chi connectivity index (χ0) is 21.1. The first-order valence-corrected chi connectivity index (χ1v) is 8.81. The molecule has 1 heterocycles.